The van der Waals surface area contributed by atoms with E-state index in [-0.39, 0.29) is 13.2 Å². The lowest BCUT2D eigenvalue weighted by Crippen LogP contribution is -2.49. The fourth-order valence-electron chi connectivity index (χ4n) is 3.98. The van der Waals surface area contributed by atoms with Crippen LogP contribution in [0, 0.1) is 0 Å². The number of hydrogen-bond acceptors (Lipinski definition) is 5. The molecule has 4 rings (SSSR count). The lowest BCUT2D eigenvalue weighted by molar-refractivity contribution is -0.161. The Morgan fingerprint density at radius 2 is 1.62 bits per heavy atom. The molecule has 7 nitrogen and oxygen atoms in total. The van der Waals surface area contributed by atoms with E-state index in [2.05, 4.69) is 0 Å². The molecule has 2 aromatic rings. The molecule has 0 N–H and O–H groups in total. The van der Waals surface area contributed by atoms with Crippen molar-refractivity contribution in [2.24, 2.45) is 0 Å². The summed E-state index contributed by atoms with van der Waals surface area (Å²) in [5.41, 5.74) is 2.56. The van der Waals surface area contributed by atoms with Crippen LogP contribution in [-0.4, -0.2) is 53.2 Å². The highest BCUT2D eigenvalue weighted by atomic mass is 16.5. The van der Waals surface area contributed by atoms with Crippen molar-refractivity contribution in [2.75, 3.05) is 19.7 Å². The molecule has 0 aliphatic carbocycles. The maximum atomic E-state index is 12.8. The topological polar surface area (TPSA) is 84.0 Å². The van der Waals surface area contributed by atoms with Crippen LogP contribution < -0.4 is 0 Å². The first-order valence-corrected chi connectivity index (χ1v) is 9.53. The molecule has 2 aromatic carbocycles. The van der Waals surface area contributed by atoms with Gasteiger partial charge in [-0.05, 0) is 36.6 Å². The van der Waals surface area contributed by atoms with E-state index < -0.39 is 29.7 Å². The van der Waals surface area contributed by atoms with Gasteiger partial charge in [0.15, 0.2) is 0 Å². The van der Waals surface area contributed by atoms with Crippen molar-refractivity contribution in [1.29, 1.82) is 0 Å². The molecule has 1 atom stereocenters. The van der Waals surface area contributed by atoms with Crippen LogP contribution in [0.3, 0.4) is 0 Å². The fourth-order valence-corrected chi connectivity index (χ4v) is 3.98. The SMILES string of the molecule is CCOC(=O)C(=O)N1CCc2ccccc2C1CN1C(=O)c2ccccc2C1=O. The van der Waals surface area contributed by atoms with Crippen molar-refractivity contribution in [1.82, 2.24) is 9.80 Å². The monoisotopic (exact) mass is 392 g/mol. The average Bonchev–Trinajstić information content (AvgIpc) is 2.98. The number of benzene rings is 2. The number of imide groups is 1. The molecule has 3 amide bonds. The molecule has 0 fully saturated rings. The van der Waals surface area contributed by atoms with E-state index in [0.717, 1.165) is 16.0 Å². The molecule has 7 heteroatoms. The van der Waals surface area contributed by atoms with Crippen LogP contribution >= 0.6 is 0 Å². The third-order valence-electron chi connectivity index (χ3n) is 5.36. The van der Waals surface area contributed by atoms with E-state index >= 15 is 0 Å². The van der Waals surface area contributed by atoms with Gasteiger partial charge in [-0.2, -0.15) is 0 Å². The van der Waals surface area contributed by atoms with Crippen molar-refractivity contribution < 1.29 is 23.9 Å². The molecule has 29 heavy (non-hydrogen) atoms. The van der Waals surface area contributed by atoms with E-state index in [4.69, 9.17) is 4.74 Å². The van der Waals surface area contributed by atoms with Gasteiger partial charge in [-0.15, -0.1) is 0 Å². The van der Waals surface area contributed by atoms with Crippen molar-refractivity contribution in [3.63, 3.8) is 0 Å². The van der Waals surface area contributed by atoms with E-state index in [1.807, 2.05) is 24.3 Å². The normalized spacial score (nSPS) is 17.8. The predicted octanol–water partition coefficient (Wildman–Crippen LogP) is 1.97. The zero-order valence-electron chi connectivity index (χ0n) is 16.0. The van der Waals surface area contributed by atoms with E-state index in [1.165, 1.54) is 4.90 Å². The number of fused-ring (bicyclic) bond motifs is 2. The smallest absolute Gasteiger partial charge is 0.397 e. The second kappa shape index (κ2) is 7.50. The summed E-state index contributed by atoms with van der Waals surface area (Å²) in [4.78, 5) is 53.0. The molecule has 0 spiro atoms. The number of nitrogens with zero attached hydrogens (tertiary/aromatic N) is 2. The summed E-state index contributed by atoms with van der Waals surface area (Å²) < 4.78 is 4.88. The van der Waals surface area contributed by atoms with Crippen LogP contribution in [0.4, 0.5) is 0 Å². The Hall–Kier alpha value is -3.48. The molecule has 0 bridgehead atoms. The van der Waals surface area contributed by atoms with Crippen LogP contribution in [-0.2, 0) is 20.7 Å². The van der Waals surface area contributed by atoms with Gasteiger partial charge in [0.25, 0.3) is 11.8 Å². The van der Waals surface area contributed by atoms with Gasteiger partial charge in [0.05, 0.1) is 30.3 Å². The lowest BCUT2D eigenvalue weighted by Gasteiger charge is -2.38. The first kappa shape index (κ1) is 18.9. The van der Waals surface area contributed by atoms with Crippen molar-refractivity contribution >= 4 is 23.7 Å². The van der Waals surface area contributed by atoms with Crippen LogP contribution in [0.25, 0.3) is 0 Å². The number of amides is 3. The maximum Gasteiger partial charge on any atom is 0.397 e. The zero-order chi connectivity index (χ0) is 20.5. The molecule has 2 aliphatic heterocycles. The molecule has 0 saturated heterocycles. The number of carbonyl (C=O) groups excluding carboxylic acids is 4. The highest BCUT2D eigenvalue weighted by Crippen LogP contribution is 2.33. The molecule has 0 saturated carbocycles. The standard InChI is InChI=1S/C22H20N2O5/c1-2-29-22(28)21(27)23-12-11-14-7-3-4-8-15(14)18(23)13-24-19(25)16-9-5-6-10-17(16)20(24)26/h3-10,18H,2,11-13H2,1H3. The highest BCUT2D eigenvalue weighted by molar-refractivity contribution is 6.32. The first-order chi connectivity index (χ1) is 14.0. The minimum atomic E-state index is -0.931. The minimum Gasteiger partial charge on any atom is -0.459 e. The molecule has 2 heterocycles. The third kappa shape index (κ3) is 3.18. The summed E-state index contributed by atoms with van der Waals surface area (Å²) >= 11 is 0. The summed E-state index contributed by atoms with van der Waals surface area (Å²) in [5.74, 6) is -2.48. The summed E-state index contributed by atoms with van der Waals surface area (Å²) in [5, 5.41) is 0. The summed E-state index contributed by atoms with van der Waals surface area (Å²) in [6.45, 7) is 2.02. The summed E-state index contributed by atoms with van der Waals surface area (Å²) in [6.07, 6.45) is 0.583. The number of hydrogen-bond donors (Lipinski definition) is 0. The highest BCUT2D eigenvalue weighted by Gasteiger charge is 2.41. The van der Waals surface area contributed by atoms with Crippen molar-refractivity contribution in [2.45, 2.75) is 19.4 Å². The van der Waals surface area contributed by atoms with E-state index in [1.54, 1.807) is 31.2 Å². The van der Waals surface area contributed by atoms with Crippen LogP contribution in [0.1, 0.15) is 44.8 Å². The Morgan fingerprint density at radius 3 is 2.28 bits per heavy atom. The number of ether oxygens (including phenoxy) is 1. The van der Waals surface area contributed by atoms with Gasteiger partial charge in [-0.25, -0.2) is 4.79 Å². The van der Waals surface area contributed by atoms with Crippen molar-refractivity contribution in [3.8, 4) is 0 Å². The number of carbonyl (C=O) groups is 4. The Balaban J connectivity index is 1.68. The number of esters is 1. The Bertz CT molecular complexity index is 981. The lowest BCUT2D eigenvalue weighted by atomic mass is 9.92. The van der Waals surface area contributed by atoms with Crippen LogP contribution in [0.15, 0.2) is 48.5 Å². The molecule has 1 unspecified atom stereocenters. The maximum absolute atomic E-state index is 12.8. The second-order valence-corrected chi connectivity index (χ2v) is 6.95. The second-order valence-electron chi connectivity index (χ2n) is 6.95. The molecular weight excluding hydrogens is 372 g/mol. The fraction of sp³-hybridized carbons (Fsp3) is 0.273. The molecular formula is C22H20N2O5. The van der Waals surface area contributed by atoms with E-state index in [0.29, 0.717) is 24.1 Å². The van der Waals surface area contributed by atoms with Crippen LogP contribution in [0.5, 0.6) is 0 Å². The average molecular weight is 392 g/mol. The van der Waals surface area contributed by atoms with Gasteiger partial charge in [0.2, 0.25) is 0 Å². The van der Waals surface area contributed by atoms with Gasteiger partial charge in [-0.1, -0.05) is 36.4 Å². The van der Waals surface area contributed by atoms with Gasteiger partial charge in [0, 0.05) is 6.54 Å². The molecule has 0 aromatic heterocycles. The zero-order valence-corrected chi connectivity index (χ0v) is 16.0. The van der Waals surface area contributed by atoms with Gasteiger partial charge < -0.3 is 9.64 Å². The predicted molar refractivity (Wildman–Crippen MR) is 103 cm³/mol. The first-order valence-electron chi connectivity index (χ1n) is 9.53. The van der Waals surface area contributed by atoms with Crippen molar-refractivity contribution in [3.05, 3.63) is 70.8 Å². The Labute approximate surface area is 167 Å². The quantitative estimate of drug-likeness (QED) is 0.453. The summed E-state index contributed by atoms with van der Waals surface area (Å²) in [7, 11) is 0. The minimum absolute atomic E-state index is 0.0193. The number of rotatable bonds is 3. The molecule has 0 radical (unpaired) electrons. The third-order valence-corrected chi connectivity index (χ3v) is 5.36. The molecule has 2 aliphatic rings. The van der Waals surface area contributed by atoms with Gasteiger partial charge in [-0.3, -0.25) is 19.3 Å². The van der Waals surface area contributed by atoms with Crippen LogP contribution in [0.2, 0.25) is 0 Å². The van der Waals surface area contributed by atoms with Gasteiger partial charge in [0.1, 0.15) is 0 Å². The largest absolute Gasteiger partial charge is 0.459 e. The Kier molecular flexibility index (Phi) is 4.88. The Morgan fingerprint density at radius 1 is 1.00 bits per heavy atom. The molecule has 148 valence electrons. The van der Waals surface area contributed by atoms with E-state index in [9.17, 15) is 19.2 Å². The van der Waals surface area contributed by atoms with Gasteiger partial charge >= 0.3 is 11.9 Å². The summed E-state index contributed by atoms with van der Waals surface area (Å²) in [6, 6.07) is 13.6.